The third-order valence-corrected chi connectivity index (χ3v) is 2.99. The molecule has 2 fully saturated rings. The van der Waals surface area contributed by atoms with E-state index in [1.165, 1.54) is 19.4 Å². The van der Waals surface area contributed by atoms with Gasteiger partial charge in [-0.05, 0) is 25.3 Å². The maximum Gasteiger partial charge on any atom is 0.150 e. The van der Waals surface area contributed by atoms with E-state index >= 15 is 0 Å². The molecule has 1 aliphatic heterocycles. The first-order chi connectivity index (χ1) is 5.93. The van der Waals surface area contributed by atoms with Crippen LogP contribution in [0.15, 0.2) is 16.8 Å². The molecule has 0 N–H and O–H groups in total. The van der Waals surface area contributed by atoms with Crippen molar-refractivity contribution in [3.05, 3.63) is 18.0 Å². The molecule has 0 bridgehead atoms. The largest absolute Gasteiger partial charge is 0.360 e. The number of likely N-dealkylation sites (tertiary alicyclic amines) is 1. The zero-order valence-electron chi connectivity index (χ0n) is 6.94. The highest BCUT2D eigenvalue weighted by Crippen LogP contribution is 2.44. The molecule has 0 aromatic carbocycles. The van der Waals surface area contributed by atoms with Crippen LogP contribution in [0.3, 0.4) is 0 Å². The summed E-state index contributed by atoms with van der Waals surface area (Å²) in [6, 6.07) is 2.82. The number of hydrogen-bond donors (Lipinski definition) is 0. The van der Waals surface area contributed by atoms with Crippen LogP contribution in [0.25, 0.3) is 0 Å². The summed E-state index contributed by atoms with van der Waals surface area (Å²) in [5.74, 6) is 2.01. The highest BCUT2D eigenvalue weighted by molar-refractivity contribution is 5.03. The summed E-state index contributed by atoms with van der Waals surface area (Å²) in [6.45, 7) is 2.21. The van der Waals surface area contributed by atoms with Gasteiger partial charge in [0.1, 0.15) is 0 Å². The monoisotopic (exact) mass is 164 g/mol. The molecule has 2 unspecified atom stereocenters. The molecule has 0 amide bonds. The Balaban J connectivity index is 1.68. The molecule has 0 radical (unpaired) electrons. The molecule has 3 nitrogen and oxygen atoms in total. The number of hydrogen-bond acceptors (Lipinski definition) is 3. The van der Waals surface area contributed by atoms with E-state index in [2.05, 4.69) is 10.1 Å². The predicted octanol–water partition coefficient (Wildman–Crippen LogP) is 1.27. The highest BCUT2D eigenvalue weighted by Gasteiger charge is 2.46. The van der Waals surface area contributed by atoms with Gasteiger partial charge in [-0.1, -0.05) is 5.16 Å². The maximum absolute atomic E-state index is 5.07. The van der Waals surface area contributed by atoms with E-state index < -0.39 is 0 Å². The Morgan fingerprint density at radius 3 is 3.25 bits per heavy atom. The molecular weight excluding hydrogens is 152 g/mol. The topological polar surface area (TPSA) is 29.3 Å². The van der Waals surface area contributed by atoms with Crippen molar-refractivity contribution in [2.45, 2.75) is 25.4 Å². The fourth-order valence-corrected chi connectivity index (χ4v) is 2.21. The van der Waals surface area contributed by atoms with Crippen LogP contribution in [0.2, 0.25) is 0 Å². The molecule has 1 aromatic rings. The summed E-state index contributed by atoms with van der Waals surface area (Å²) < 4.78 is 5.07. The fourth-order valence-electron chi connectivity index (χ4n) is 2.21. The van der Waals surface area contributed by atoms with Crippen LogP contribution in [0.1, 0.15) is 18.6 Å². The molecule has 3 rings (SSSR count). The first kappa shape index (κ1) is 6.66. The van der Waals surface area contributed by atoms with Crippen molar-refractivity contribution in [1.82, 2.24) is 10.1 Å². The molecule has 1 saturated carbocycles. The fraction of sp³-hybridized carbons (Fsp3) is 0.667. The molecule has 2 aliphatic rings. The molecular formula is C9H12N2O. The maximum atomic E-state index is 5.07. The summed E-state index contributed by atoms with van der Waals surface area (Å²) >= 11 is 0. The second-order valence-corrected chi connectivity index (χ2v) is 3.80. The minimum Gasteiger partial charge on any atom is -0.360 e. The van der Waals surface area contributed by atoms with Gasteiger partial charge in [0.25, 0.3) is 0 Å². The second-order valence-electron chi connectivity index (χ2n) is 3.80. The van der Waals surface area contributed by atoms with Crippen molar-refractivity contribution < 1.29 is 4.52 Å². The highest BCUT2D eigenvalue weighted by atomic mass is 16.5. The lowest BCUT2D eigenvalue weighted by atomic mass is 10.3. The third-order valence-electron chi connectivity index (χ3n) is 2.99. The molecule has 1 aliphatic carbocycles. The summed E-state index contributed by atoms with van der Waals surface area (Å²) in [7, 11) is 0. The normalized spacial score (nSPS) is 33.7. The molecule has 1 aromatic heterocycles. The van der Waals surface area contributed by atoms with Gasteiger partial charge >= 0.3 is 0 Å². The SMILES string of the molecule is c1cc(CN2CCC3CC32)on1. The van der Waals surface area contributed by atoms with Crippen LogP contribution in [0.5, 0.6) is 0 Å². The number of aromatic nitrogens is 1. The van der Waals surface area contributed by atoms with Crippen LogP contribution < -0.4 is 0 Å². The molecule has 3 heteroatoms. The first-order valence-corrected chi connectivity index (χ1v) is 4.57. The smallest absolute Gasteiger partial charge is 0.150 e. The van der Waals surface area contributed by atoms with Gasteiger partial charge in [0.05, 0.1) is 12.7 Å². The Morgan fingerprint density at radius 1 is 1.67 bits per heavy atom. The quantitative estimate of drug-likeness (QED) is 0.659. The molecule has 1 saturated heterocycles. The van der Waals surface area contributed by atoms with Crippen LogP contribution in [-0.4, -0.2) is 22.6 Å². The van der Waals surface area contributed by atoms with E-state index in [0.717, 1.165) is 24.3 Å². The lowest BCUT2D eigenvalue weighted by Gasteiger charge is -2.14. The summed E-state index contributed by atoms with van der Waals surface area (Å²) in [5.41, 5.74) is 0. The van der Waals surface area contributed by atoms with E-state index in [0.29, 0.717) is 0 Å². The number of fused-ring (bicyclic) bond motifs is 1. The van der Waals surface area contributed by atoms with Crippen LogP contribution in [-0.2, 0) is 6.54 Å². The number of rotatable bonds is 2. The average molecular weight is 164 g/mol. The van der Waals surface area contributed by atoms with Crippen molar-refractivity contribution in [2.24, 2.45) is 5.92 Å². The Kier molecular flexibility index (Phi) is 1.29. The van der Waals surface area contributed by atoms with Gasteiger partial charge in [-0.3, -0.25) is 4.90 Å². The third kappa shape index (κ3) is 0.966. The van der Waals surface area contributed by atoms with Gasteiger partial charge in [-0.25, -0.2) is 0 Å². The zero-order valence-corrected chi connectivity index (χ0v) is 6.94. The van der Waals surface area contributed by atoms with E-state index in [-0.39, 0.29) is 0 Å². The van der Waals surface area contributed by atoms with Crippen LogP contribution >= 0.6 is 0 Å². The van der Waals surface area contributed by atoms with Crippen LogP contribution in [0, 0.1) is 5.92 Å². The Labute approximate surface area is 71.3 Å². The Hall–Kier alpha value is -0.830. The number of nitrogens with zero attached hydrogens (tertiary/aromatic N) is 2. The summed E-state index contributed by atoms with van der Waals surface area (Å²) in [5, 5.41) is 3.70. The minimum atomic E-state index is 0.870. The van der Waals surface area contributed by atoms with Gasteiger partial charge in [0.15, 0.2) is 5.76 Å². The second kappa shape index (κ2) is 2.33. The minimum absolute atomic E-state index is 0.870. The lowest BCUT2D eigenvalue weighted by Crippen LogP contribution is -2.22. The van der Waals surface area contributed by atoms with Gasteiger partial charge in [0.2, 0.25) is 0 Å². The Morgan fingerprint density at radius 2 is 2.67 bits per heavy atom. The van der Waals surface area contributed by atoms with Gasteiger partial charge in [-0.15, -0.1) is 0 Å². The van der Waals surface area contributed by atoms with E-state index in [1.807, 2.05) is 6.07 Å². The molecule has 2 atom stereocenters. The van der Waals surface area contributed by atoms with Gasteiger partial charge < -0.3 is 4.52 Å². The summed E-state index contributed by atoms with van der Waals surface area (Å²) in [4.78, 5) is 2.51. The Bertz CT molecular complexity index is 270. The molecule has 0 spiro atoms. The standard InChI is InChI=1S/C9H12N2O/c1-3-10-12-8(1)6-11-4-2-7-5-9(7)11/h1,3,7,9H,2,4-6H2. The van der Waals surface area contributed by atoms with Crippen LogP contribution in [0.4, 0.5) is 0 Å². The van der Waals surface area contributed by atoms with Crippen molar-refractivity contribution in [3.8, 4) is 0 Å². The lowest BCUT2D eigenvalue weighted by molar-refractivity contribution is 0.248. The van der Waals surface area contributed by atoms with Crippen molar-refractivity contribution in [1.29, 1.82) is 0 Å². The molecule has 64 valence electrons. The average Bonchev–Trinajstić information content (AvgIpc) is 2.54. The van der Waals surface area contributed by atoms with E-state index in [4.69, 9.17) is 4.52 Å². The molecule has 2 heterocycles. The van der Waals surface area contributed by atoms with E-state index in [1.54, 1.807) is 6.20 Å². The first-order valence-electron chi connectivity index (χ1n) is 4.57. The van der Waals surface area contributed by atoms with Crippen molar-refractivity contribution >= 4 is 0 Å². The van der Waals surface area contributed by atoms with Crippen molar-refractivity contribution in [3.63, 3.8) is 0 Å². The van der Waals surface area contributed by atoms with Gasteiger partial charge in [0, 0.05) is 12.1 Å². The van der Waals surface area contributed by atoms with E-state index in [9.17, 15) is 0 Å². The van der Waals surface area contributed by atoms with Crippen molar-refractivity contribution in [2.75, 3.05) is 6.54 Å². The predicted molar refractivity (Wildman–Crippen MR) is 43.4 cm³/mol. The van der Waals surface area contributed by atoms with Gasteiger partial charge in [-0.2, -0.15) is 0 Å². The summed E-state index contributed by atoms with van der Waals surface area (Å²) in [6.07, 6.45) is 4.52. The molecule has 12 heavy (non-hydrogen) atoms. The zero-order chi connectivity index (χ0) is 7.97. The number of piperidine rings is 1.